The van der Waals surface area contributed by atoms with Crippen molar-refractivity contribution in [3.63, 3.8) is 0 Å². The van der Waals surface area contributed by atoms with Crippen LogP contribution in [0.25, 0.3) is 10.9 Å². The number of pyridine rings is 1. The van der Waals surface area contributed by atoms with Crippen molar-refractivity contribution < 1.29 is 4.74 Å². The number of rotatable bonds is 3. The molecule has 19 heavy (non-hydrogen) atoms. The Kier molecular flexibility index (Phi) is 2.91. The molecule has 4 nitrogen and oxygen atoms in total. The minimum Gasteiger partial charge on any atom is -0.487 e. The molecular weight excluding hydrogens is 238 g/mol. The standard InChI is InChI=1S/C15H15N3O/c1-11-8-13(17-18(11)2)10-19-14-5-6-15-12(9-14)4-3-7-16-15/h3-9H,10H2,1-2H3. The van der Waals surface area contributed by atoms with E-state index >= 15 is 0 Å². The molecule has 0 saturated carbocycles. The average Bonchev–Trinajstić information content (AvgIpc) is 2.75. The number of aromatic nitrogens is 3. The molecular formula is C15H15N3O. The first-order valence-corrected chi connectivity index (χ1v) is 6.19. The number of nitrogens with zero attached hydrogens (tertiary/aromatic N) is 3. The van der Waals surface area contributed by atoms with Gasteiger partial charge in [0, 0.05) is 24.3 Å². The smallest absolute Gasteiger partial charge is 0.132 e. The van der Waals surface area contributed by atoms with Gasteiger partial charge in [0.15, 0.2) is 0 Å². The summed E-state index contributed by atoms with van der Waals surface area (Å²) in [5.74, 6) is 0.837. The molecule has 0 spiro atoms. The predicted molar refractivity (Wildman–Crippen MR) is 74.0 cm³/mol. The maximum atomic E-state index is 5.76. The van der Waals surface area contributed by atoms with Crippen molar-refractivity contribution in [2.45, 2.75) is 13.5 Å². The van der Waals surface area contributed by atoms with E-state index in [0.717, 1.165) is 28.0 Å². The normalized spacial score (nSPS) is 10.8. The Hall–Kier alpha value is -2.36. The summed E-state index contributed by atoms with van der Waals surface area (Å²) in [6.45, 7) is 2.51. The molecule has 0 aliphatic rings. The maximum Gasteiger partial charge on any atom is 0.132 e. The molecule has 0 N–H and O–H groups in total. The van der Waals surface area contributed by atoms with Crippen molar-refractivity contribution in [3.8, 4) is 5.75 Å². The molecule has 0 aliphatic carbocycles. The zero-order valence-corrected chi connectivity index (χ0v) is 11.0. The van der Waals surface area contributed by atoms with Gasteiger partial charge < -0.3 is 4.74 Å². The lowest BCUT2D eigenvalue weighted by Gasteiger charge is -2.05. The van der Waals surface area contributed by atoms with Crippen LogP contribution < -0.4 is 4.74 Å². The molecule has 3 rings (SSSR count). The Bertz CT molecular complexity index is 699. The van der Waals surface area contributed by atoms with E-state index in [1.807, 2.05) is 55.1 Å². The number of hydrogen-bond donors (Lipinski definition) is 0. The molecule has 96 valence electrons. The molecule has 0 amide bonds. The number of benzene rings is 1. The molecule has 2 heterocycles. The molecule has 4 heteroatoms. The third-order valence-corrected chi connectivity index (χ3v) is 3.13. The van der Waals surface area contributed by atoms with E-state index in [1.54, 1.807) is 6.20 Å². The van der Waals surface area contributed by atoms with Gasteiger partial charge in [0.1, 0.15) is 18.1 Å². The van der Waals surface area contributed by atoms with E-state index < -0.39 is 0 Å². The summed E-state index contributed by atoms with van der Waals surface area (Å²) >= 11 is 0. The van der Waals surface area contributed by atoms with Crippen LogP contribution in [-0.2, 0) is 13.7 Å². The highest BCUT2D eigenvalue weighted by Gasteiger charge is 2.03. The van der Waals surface area contributed by atoms with Crippen LogP contribution in [0.5, 0.6) is 5.75 Å². The monoisotopic (exact) mass is 253 g/mol. The summed E-state index contributed by atoms with van der Waals surface area (Å²) in [5.41, 5.74) is 3.04. The molecule has 0 unspecified atom stereocenters. The SMILES string of the molecule is Cc1cc(COc2ccc3ncccc3c2)nn1C. The number of aryl methyl sites for hydroxylation is 2. The van der Waals surface area contributed by atoms with Crippen molar-refractivity contribution in [3.05, 3.63) is 54.0 Å². The molecule has 0 fully saturated rings. The van der Waals surface area contributed by atoms with Crippen LogP contribution in [0.4, 0.5) is 0 Å². The second kappa shape index (κ2) is 4.72. The van der Waals surface area contributed by atoms with Crippen molar-refractivity contribution >= 4 is 10.9 Å². The van der Waals surface area contributed by atoms with E-state index in [1.165, 1.54) is 0 Å². The third kappa shape index (κ3) is 2.42. The van der Waals surface area contributed by atoms with Gasteiger partial charge in [0.2, 0.25) is 0 Å². The largest absolute Gasteiger partial charge is 0.487 e. The van der Waals surface area contributed by atoms with E-state index in [4.69, 9.17) is 4.74 Å². The highest BCUT2D eigenvalue weighted by Crippen LogP contribution is 2.19. The molecule has 0 saturated heterocycles. The van der Waals surface area contributed by atoms with Gasteiger partial charge in [-0.2, -0.15) is 5.10 Å². The van der Waals surface area contributed by atoms with Crippen LogP contribution in [0.15, 0.2) is 42.6 Å². The third-order valence-electron chi connectivity index (χ3n) is 3.13. The average molecular weight is 253 g/mol. The van der Waals surface area contributed by atoms with E-state index in [0.29, 0.717) is 6.61 Å². The van der Waals surface area contributed by atoms with Gasteiger partial charge in [-0.05, 0) is 37.3 Å². The first-order valence-electron chi connectivity index (χ1n) is 6.19. The topological polar surface area (TPSA) is 39.9 Å². The number of ether oxygens (including phenoxy) is 1. The predicted octanol–water partition coefficient (Wildman–Crippen LogP) is 2.86. The van der Waals surface area contributed by atoms with Gasteiger partial charge in [-0.25, -0.2) is 0 Å². The Morgan fingerprint density at radius 1 is 1.21 bits per heavy atom. The summed E-state index contributed by atoms with van der Waals surface area (Å²) in [4.78, 5) is 4.28. The van der Waals surface area contributed by atoms with Crippen LogP contribution >= 0.6 is 0 Å². The van der Waals surface area contributed by atoms with Crippen molar-refractivity contribution in [1.82, 2.24) is 14.8 Å². The second-order valence-corrected chi connectivity index (χ2v) is 4.55. The van der Waals surface area contributed by atoms with Crippen LogP contribution in [0.3, 0.4) is 0 Å². The van der Waals surface area contributed by atoms with Crippen molar-refractivity contribution in [2.24, 2.45) is 7.05 Å². The summed E-state index contributed by atoms with van der Waals surface area (Å²) in [6, 6.07) is 11.9. The molecule has 0 bridgehead atoms. The minimum absolute atomic E-state index is 0.480. The second-order valence-electron chi connectivity index (χ2n) is 4.55. The summed E-state index contributed by atoms with van der Waals surface area (Å²) in [5, 5.41) is 5.45. The Balaban J connectivity index is 1.78. The van der Waals surface area contributed by atoms with Gasteiger partial charge in [-0.1, -0.05) is 6.07 Å². The van der Waals surface area contributed by atoms with Gasteiger partial charge in [0.25, 0.3) is 0 Å². The lowest BCUT2D eigenvalue weighted by atomic mass is 10.2. The molecule has 3 aromatic rings. The molecule has 0 atom stereocenters. The van der Waals surface area contributed by atoms with Gasteiger partial charge in [0.05, 0.1) is 5.52 Å². The van der Waals surface area contributed by atoms with Crippen LogP contribution in [0.2, 0.25) is 0 Å². The molecule has 2 aromatic heterocycles. The molecule has 0 aliphatic heterocycles. The van der Waals surface area contributed by atoms with Gasteiger partial charge in [-0.3, -0.25) is 9.67 Å². The highest BCUT2D eigenvalue weighted by molar-refractivity contribution is 5.79. The summed E-state index contributed by atoms with van der Waals surface area (Å²) < 4.78 is 7.62. The lowest BCUT2D eigenvalue weighted by Crippen LogP contribution is -1.98. The fraction of sp³-hybridized carbons (Fsp3) is 0.200. The van der Waals surface area contributed by atoms with Crippen LogP contribution in [0.1, 0.15) is 11.4 Å². The van der Waals surface area contributed by atoms with Crippen LogP contribution in [-0.4, -0.2) is 14.8 Å². The van der Waals surface area contributed by atoms with E-state index in [2.05, 4.69) is 10.1 Å². The van der Waals surface area contributed by atoms with Gasteiger partial charge in [-0.15, -0.1) is 0 Å². The van der Waals surface area contributed by atoms with Crippen LogP contribution in [0, 0.1) is 6.92 Å². The maximum absolute atomic E-state index is 5.76. The van der Waals surface area contributed by atoms with Crippen molar-refractivity contribution in [2.75, 3.05) is 0 Å². The fourth-order valence-corrected chi connectivity index (χ4v) is 2.01. The minimum atomic E-state index is 0.480. The Morgan fingerprint density at radius 2 is 2.11 bits per heavy atom. The zero-order chi connectivity index (χ0) is 13.2. The van der Waals surface area contributed by atoms with E-state index in [-0.39, 0.29) is 0 Å². The first-order chi connectivity index (χ1) is 9.22. The number of fused-ring (bicyclic) bond motifs is 1. The Labute approximate surface area is 111 Å². The fourth-order valence-electron chi connectivity index (χ4n) is 2.01. The molecule has 0 radical (unpaired) electrons. The summed E-state index contributed by atoms with van der Waals surface area (Å²) in [7, 11) is 1.93. The molecule has 1 aromatic carbocycles. The summed E-state index contributed by atoms with van der Waals surface area (Å²) in [6.07, 6.45) is 1.79. The van der Waals surface area contributed by atoms with Crippen molar-refractivity contribution in [1.29, 1.82) is 0 Å². The van der Waals surface area contributed by atoms with E-state index in [9.17, 15) is 0 Å². The zero-order valence-electron chi connectivity index (χ0n) is 11.0. The number of hydrogen-bond acceptors (Lipinski definition) is 3. The highest BCUT2D eigenvalue weighted by atomic mass is 16.5. The van der Waals surface area contributed by atoms with Gasteiger partial charge >= 0.3 is 0 Å². The first kappa shape index (κ1) is 11.7. The quantitative estimate of drug-likeness (QED) is 0.720. The lowest BCUT2D eigenvalue weighted by molar-refractivity contribution is 0.300. The Morgan fingerprint density at radius 3 is 2.89 bits per heavy atom.